The fourth-order valence-corrected chi connectivity index (χ4v) is 5.64. The average molecular weight is 437 g/mol. The molecular weight excluding hydrogens is 412 g/mol. The van der Waals surface area contributed by atoms with Crippen molar-refractivity contribution in [2.45, 2.75) is 30.0 Å². The Morgan fingerprint density at radius 2 is 1.48 bits per heavy atom. The molecule has 7 heteroatoms. The van der Waals surface area contributed by atoms with Gasteiger partial charge in [0.1, 0.15) is 0 Å². The molecular formula is C24H24N2O4S. The molecule has 3 atom stereocenters. The van der Waals surface area contributed by atoms with Gasteiger partial charge in [0.05, 0.1) is 36.3 Å². The van der Waals surface area contributed by atoms with Gasteiger partial charge in [0.25, 0.3) is 0 Å². The van der Waals surface area contributed by atoms with E-state index in [9.17, 15) is 13.5 Å². The Labute approximate surface area is 181 Å². The van der Waals surface area contributed by atoms with E-state index in [1.165, 1.54) is 0 Å². The van der Waals surface area contributed by atoms with Crippen molar-refractivity contribution >= 4 is 31.8 Å². The molecule has 2 N–H and O–H groups in total. The first-order valence-corrected chi connectivity index (χ1v) is 11.8. The van der Waals surface area contributed by atoms with Gasteiger partial charge in [-0.05, 0) is 31.2 Å². The molecule has 0 amide bonds. The molecule has 6 nitrogen and oxygen atoms in total. The zero-order valence-corrected chi connectivity index (χ0v) is 17.9. The number of nitrogens with zero attached hydrogens (tertiary/aromatic N) is 1. The lowest BCUT2D eigenvalue weighted by molar-refractivity contribution is -0.0461. The molecule has 0 bridgehead atoms. The van der Waals surface area contributed by atoms with Gasteiger partial charge in [0.15, 0.2) is 0 Å². The van der Waals surface area contributed by atoms with Gasteiger partial charge >= 0.3 is 0 Å². The first kappa shape index (κ1) is 20.2. The van der Waals surface area contributed by atoms with E-state index < -0.39 is 28.2 Å². The lowest BCUT2D eigenvalue weighted by Crippen LogP contribution is -2.53. The van der Waals surface area contributed by atoms with E-state index in [2.05, 4.69) is 21.4 Å². The van der Waals surface area contributed by atoms with E-state index in [4.69, 9.17) is 4.74 Å². The van der Waals surface area contributed by atoms with Crippen molar-refractivity contribution in [2.75, 3.05) is 13.2 Å². The molecule has 1 aliphatic rings. The number of rotatable bonds is 4. The number of benzene rings is 3. The van der Waals surface area contributed by atoms with E-state index in [-0.39, 0.29) is 11.5 Å². The topological polar surface area (TPSA) is 80.6 Å². The Morgan fingerprint density at radius 1 is 0.903 bits per heavy atom. The van der Waals surface area contributed by atoms with Gasteiger partial charge in [-0.25, -0.2) is 13.1 Å². The molecule has 0 radical (unpaired) electrons. The quantitative estimate of drug-likeness (QED) is 0.514. The molecule has 2 heterocycles. The minimum absolute atomic E-state index is 0.111. The van der Waals surface area contributed by atoms with Crippen molar-refractivity contribution in [2.24, 2.45) is 0 Å². The smallest absolute Gasteiger partial charge is 0.240 e. The molecule has 3 aromatic carbocycles. The number of fused-ring (bicyclic) bond motifs is 3. The van der Waals surface area contributed by atoms with Crippen LogP contribution in [0, 0.1) is 6.92 Å². The SMILES string of the molecule is Cc1ccc(S(=O)(=O)N[C@@H]2COCC(n3c4ccccc4c4ccccc43)[C@H]2O)cc1. The third-order valence-corrected chi connectivity index (χ3v) is 7.49. The van der Waals surface area contributed by atoms with E-state index in [0.717, 1.165) is 27.4 Å². The molecule has 0 aliphatic carbocycles. The fraction of sp³-hybridized carbons (Fsp3) is 0.250. The highest BCUT2D eigenvalue weighted by molar-refractivity contribution is 7.89. The van der Waals surface area contributed by atoms with Crippen LogP contribution < -0.4 is 4.72 Å². The summed E-state index contributed by atoms with van der Waals surface area (Å²) in [5, 5.41) is 13.4. The van der Waals surface area contributed by atoms with E-state index in [0.29, 0.717) is 6.61 Å². The summed E-state index contributed by atoms with van der Waals surface area (Å²) in [4.78, 5) is 0.171. The Bertz CT molecular complexity index is 1290. The van der Waals surface area contributed by atoms with Gasteiger partial charge in [-0.1, -0.05) is 54.1 Å². The van der Waals surface area contributed by atoms with Crippen molar-refractivity contribution in [3.63, 3.8) is 0 Å². The minimum atomic E-state index is -3.79. The molecule has 0 saturated carbocycles. The van der Waals surface area contributed by atoms with Crippen LogP contribution in [-0.2, 0) is 14.8 Å². The van der Waals surface area contributed by atoms with Gasteiger partial charge in [-0.3, -0.25) is 0 Å². The summed E-state index contributed by atoms with van der Waals surface area (Å²) < 4.78 is 36.3. The van der Waals surface area contributed by atoms with Crippen LogP contribution in [0.1, 0.15) is 11.6 Å². The molecule has 1 unspecified atom stereocenters. The van der Waals surface area contributed by atoms with Crippen LogP contribution in [0.3, 0.4) is 0 Å². The molecule has 4 aromatic rings. The van der Waals surface area contributed by atoms with Crippen molar-refractivity contribution < 1.29 is 18.3 Å². The summed E-state index contributed by atoms with van der Waals surface area (Å²) in [6.07, 6.45) is -0.951. The van der Waals surface area contributed by atoms with Gasteiger partial charge in [0, 0.05) is 21.8 Å². The van der Waals surface area contributed by atoms with Crippen molar-refractivity contribution in [1.82, 2.24) is 9.29 Å². The predicted molar refractivity (Wildman–Crippen MR) is 121 cm³/mol. The number of hydrogen-bond acceptors (Lipinski definition) is 4. The molecule has 1 aliphatic heterocycles. The lowest BCUT2D eigenvalue weighted by Gasteiger charge is -2.36. The fourth-order valence-electron chi connectivity index (χ4n) is 4.41. The molecule has 5 rings (SSSR count). The van der Waals surface area contributed by atoms with Crippen LogP contribution in [0.5, 0.6) is 0 Å². The first-order valence-electron chi connectivity index (χ1n) is 10.3. The van der Waals surface area contributed by atoms with Gasteiger partial charge in [-0.2, -0.15) is 0 Å². The number of aromatic nitrogens is 1. The second kappa shape index (κ2) is 7.76. The van der Waals surface area contributed by atoms with Crippen LogP contribution in [0.4, 0.5) is 0 Å². The molecule has 1 aromatic heterocycles. The van der Waals surface area contributed by atoms with Gasteiger partial charge in [-0.15, -0.1) is 0 Å². The van der Waals surface area contributed by atoms with Gasteiger partial charge < -0.3 is 14.4 Å². The maximum atomic E-state index is 12.9. The summed E-state index contributed by atoms with van der Waals surface area (Å²) in [6.45, 7) is 2.31. The summed E-state index contributed by atoms with van der Waals surface area (Å²) >= 11 is 0. The van der Waals surface area contributed by atoms with E-state index >= 15 is 0 Å². The maximum Gasteiger partial charge on any atom is 0.240 e. The molecule has 160 valence electrons. The highest BCUT2D eigenvalue weighted by Crippen LogP contribution is 2.34. The van der Waals surface area contributed by atoms with E-state index in [1.54, 1.807) is 24.3 Å². The number of sulfonamides is 1. The largest absolute Gasteiger partial charge is 0.389 e. The number of nitrogens with one attached hydrogen (secondary N) is 1. The van der Waals surface area contributed by atoms with Crippen LogP contribution >= 0.6 is 0 Å². The predicted octanol–water partition coefficient (Wildman–Crippen LogP) is 3.38. The number of hydrogen-bond donors (Lipinski definition) is 2. The third kappa shape index (κ3) is 3.53. The Balaban J connectivity index is 1.51. The number of aliphatic hydroxyl groups is 1. The second-order valence-electron chi connectivity index (χ2n) is 8.04. The molecule has 1 fully saturated rings. The summed E-state index contributed by atoms with van der Waals surface area (Å²) in [6, 6.07) is 21.5. The lowest BCUT2D eigenvalue weighted by atomic mass is 10.0. The average Bonchev–Trinajstić information content (AvgIpc) is 3.10. The van der Waals surface area contributed by atoms with Crippen LogP contribution in [0.25, 0.3) is 21.8 Å². The Hall–Kier alpha value is -2.71. The second-order valence-corrected chi connectivity index (χ2v) is 9.75. The maximum absolute atomic E-state index is 12.9. The Morgan fingerprint density at radius 3 is 2.10 bits per heavy atom. The van der Waals surface area contributed by atoms with Crippen LogP contribution in [0.2, 0.25) is 0 Å². The normalized spacial score (nSPS) is 22.2. The Kier molecular flexibility index (Phi) is 5.06. The zero-order valence-electron chi connectivity index (χ0n) is 17.1. The first-order chi connectivity index (χ1) is 15.0. The summed E-state index contributed by atoms with van der Waals surface area (Å²) in [5.74, 6) is 0. The van der Waals surface area contributed by atoms with Crippen LogP contribution in [0.15, 0.2) is 77.7 Å². The van der Waals surface area contributed by atoms with E-state index in [1.807, 2.05) is 43.3 Å². The third-order valence-electron chi connectivity index (χ3n) is 5.98. The van der Waals surface area contributed by atoms with Crippen molar-refractivity contribution in [1.29, 1.82) is 0 Å². The van der Waals surface area contributed by atoms with Crippen molar-refractivity contribution in [3.8, 4) is 0 Å². The number of ether oxygens (including phenoxy) is 1. The number of para-hydroxylation sites is 2. The molecule has 31 heavy (non-hydrogen) atoms. The highest BCUT2D eigenvalue weighted by Gasteiger charge is 2.37. The van der Waals surface area contributed by atoms with Gasteiger partial charge in [0.2, 0.25) is 10.0 Å². The summed E-state index contributed by atoms with van der Waals surface area (Å²) in [7, 11) is -3.79. The standard InChI is InChI=1S/C24H24N2O4S/c1-16-10-12-17(13-11-16)31(28,29)25-20-14-30-15-23(24(20)27)26-21-8-4-2-6-18(21)19-7-3-5-9-22(19)26/h2-13,20,23-25,27H,14-15H2,1H3/t20-,23?,24+/m1/s1. The highest BCUT2D eigenvalue weighted by atomic mass is 32.2. The van der Waals surface area contributed by atoms with Crippen molar-refractivity contribution in [3.05, 3.63) is 78.4 Å². The van der Waals surface area contributed by atoms with Crippen LogP contribution in [-0.4, -0.2) is 43.5 Å². The summed E-state index contributed by atoms with van der Waals surface area (Å²) in [5.41, 5.74) is 2.95. The monoisotopic (exact) mass is 436 g/mol. The molecule has 0 spiro atoms. The molecule has 1 saturated heterocycles. The minimum Gasteiger partial charge on any atom is -0.389 e. The number of aryl methyl sites for hydroxylation is 1. The number of aliphatic hydroxyl groups excluding tert-OH is 1. The zero-order chi connectivity index (χ0) is 21.6.